The first-order chi connectivity index (χ1) is 9.29. The fraction of sp³-hybridized carbons (Fsp3) is 0.333. The van der Waals surface area contributed by atoms with Crippen LogP contribution in [0.4, 0.5) is 0 Å². The Bertz CT molecular complexity index is 589. The van der Waals surface area contributed by atoms with E-state index >= 15 is 0 Å². The number of aliphatic hydroxyl groups is 1. The number of benzene rings is 1. The summed E-state index contributed by atoms with van der Waals surface area (Å²) in [4.78, 5) is 2.14. The molecule has 1 N–H and O–H groups in total. The van der Waals surface area contributed by atoms with Crippen molar-refractivity contribution in [2.45, 2.75) is 11.8 Å². The van der Waals surface area contributed by atoms with Crippen molar-refractivity contribution in [3.8, 4) is 11.4 Å². The number of aliphatic hydroxyl groups excluding tert-OH is 1. The maximum atomic E-state index is 9.04. The van der Waals surface area contributed by atoms with Crippen molar-refractivity contribution >= 4 is 23.4 Å². The van der Waals surface area contributed by atoms with E-state index in [1.807, 2.05) is 28.8 Å². The van der Waals surface area contributed by atoms with Gasteiger partial charge in [0.15, 0.2) is 11.0 Å². The molecule has 100 valence electrons. The highest BCUT2D eigenvalue weighted by Crippen LogP contribution is 2.31. The van der Waals surface area contributed by atoms with Crippen molar-refractivity contribution in [1.82, 2.24) is 19.7 Å². The Morgan fingerprint density at radius 1 is 1.32 bits per heavy atom. The standard InChI is InChI=1S/C12H13ClN4OS/c13-10-4-2-1-3-9(10)11-14-15-12-17(11)7-16(5-6-18)8-19-12/h1-4,18H,5-8H2. The Hall–Kier alpha value is -1.08. The van der Waals surface area contributed by atoms with Crippen LogP contribution in [0.25, 0.3) is 11.4 Å². The average molecular weight is 297 g/mol. The molecule has 0 radical (unpaired) electrons. The number of nitrogens with zero attached hydrogens (tertiary/aromatic N) is 4. The molecule has 0 saturated heterocycles. The second kappa shape index (κ2) is 5.50. The van der Waals surface area contributed by atoms with E-state index in [9.17, 15) is 0 Å². The summed E-state index contributed by atoms with van der Waals surface area (Å²) in [6, 6.07) is 7.62. The summed E-state index contributed by atoms with van der Waals surface area (Å²) in [6.45, 7) is 1.47. The summed E-state index contributed by atoms with van der Waals surface area (Å²) in [7, 11) is 0. The smallest absolute Gasteiger partial charge is 0.193 e. The number of hydrogen-bond acceptors (Lipinski definition) is 5. The van der Waals surface area contributed by atoms with E-state index in [-0.39, 0.29) is 6.61 Å². The van der Waals surface area contributed by atoms with Crippen LogP contribution in [-0.2, 0) is 6.67 Å². The second-order valence-corrected chi connectivity index (χ2v) is 5.57. The van der Waals surface area contributed by atoms with Gasteiger partial charge in [0.1, 0.15) is 0 Å². The lowest BCUT2D eigenvalue weighted by molar-refractivity contribution is 0.178. The highest BCUT2D eigenvalue weighted by molar-refractivity contribution is 7.99. The molecule has 2 heterocycles. The van der Waals surface area contributed by atoms with Gasteiger partial charge in [-0.1, -0.05) is 35.5 Å². The minimum absolute atomic E-state index is 0.152. The summed E-state index contributed by atoms with van der Waals surface area (Å²) in [6.07, 6.45) is 0. The molecule has 1 aromatic heterocycles. The van der Waals surface area contributed by atoms with Crippen molar-refractivity contribution in [2.75, 3.05) is 19.0 Å². The fourth-order valence-electron chi connectivity index (χ4n) is 2.03. The summed E-state index contributed by atoms with van der Waals surface area (Å²) in [5, 5.41) is 19.0. The van der Waals surface area contributed by atoms with Gasteiger partial charge >= 0.3 is 0 Å². The van der Waals surface area contributed by atoms with E-state index in [4.69, 9.17) is 16.7 Å². The van der Waals surface area contributed by atoms with Crippen LogP contribution in [0.1, 0.15) is 0 Å². The van der Waals surface area contributed by atoms with Gasteiger partial charge in [-0.3, -0.25) is 9.47 Å². The van der Waals surface area contributed by atoms with Crippen molar-refractivity contribution < 1.29 is 5.11 Å². The molecule has 1 aliphatic heterocycles. The minimum atomic E-state index is 0.152. The normalized spacial score (nSPS) is 15.5. The number of thioether (sulfide) groups is 1. The molecule has 0 atom stereocenters. The molecule has 0 saturated carbocycles. The van der Waals surface area contributed by atoms with Crippen LogP contribution < -0.4 is 0 Å². The molecule has 0 spiro atoms. The van der Waals surface area contributed by atoms with Gasteiger partial charge < -0.3 is 5.11 Å². The third kappa shape index (κ3) is 2.49. The van der Waals surface area contributed by atoms with E-state index in [2.05, 4.69) is 15.1 Å². The predicted octanol–water partition coefficient (Wildman–Crippen LogP) is 1.91. The molecule has 0 fully saturated rings. The van der Waals surface area contributed by atoms with Crippen LogP contribution in [0, 0.1) is 0 Å². The Morgan fingerprint density at radius 2 is 2.16 bits per heavy atom. The molecule has 0 amide bonds. The summed E-state index contributed by atoms with van der Waals surface area (Å²) < 4.78 is 2.03. The molecule has 5 nitrogen and oxygen atoms in total. The quantitative estimate of drug-likeness (QED) is 0.938. The molecule has 3 rings (SSSR count). The monoisotopic (exact) mass is 296 g/mol. The zero-order valence-electron chi connectivity index (χ0n) is 10.2. The fourth-order valence-corrected chi connectivity index (χ4v) is 3.16. The Balaban J connectivity index is 1.97. The number of rotatable bonds is 3. The topological polar surface area (TPSA) is 54.2 Å². The van der Waals surface area contributed by atoms with Gasteiger partial charge in [-0.25, -0.2) is 0 Å². The van der Waals surface area contributed by atoms with E-state index in [0.29, 0.717) is 18.2 Å². The van der Waals surface area contributed by atoms with Crippen molar-refractivity contribution in [3.63, 3.8) is 0 Å². The number of halogens is 1. The minimum Gasteiger partial charge on any atom is -0.395 e. The zero-order valence-corrected chi connectivity index (χ0v) is 11.7. The van der Waals surface area contributed by atoms with Crippen molar-refractivity contribution in [3.05, 3.63) is 29.3 Å². The highest BCUT2D eigenvalue weighted by atomic mass is 35.5. The Labute approximate surface area is 120 Å². The zero-order chi connectivity index (χ0) is 13.2. The number of aromatic nitrogens is 3. The molecule has 1 aliphatic rings. The van der Waals surface area contributed by atoms with Crippen LogP contribution in [0.5, 0.6) is 0 Å². The first-order valence-electron chi connectivity index (χ1n) is 5.93. The molecule has 7 heteroatoms. The molecule has 0 bridgehead atoms. The van der Waals surface area contributed by atoms with Crippen molar-refractivity contribution in [1.29, 1.82) is 0 Å². The van der Waals surface area contributed by atoms with Gasteiger partial charge in [0.05, 0.1) is 24.2 Å². The van der Waals surface area contributed by atoms with E-state index in [1.54, 1.807) is 11.8 Å². The Kier molecular flexibility index (Phi) is 3.74. The van der Waals surface area contributed by atoms with Crippen LogP contribution in [-0.4, -0.2) is 43.8 Å². The first kappa shape index (κ1) is 12.9. The maximum absolute atomic E-state index is 9.04. The van der Waals surface area contributed by atoms with E-state index in [1.165, 1.54) is 0 Å². The maximum Gasteiger partial charge on any atom is 0.193 e. The van der Waals surface area contributed by atoms with Crippen LogP contribution in [0.2, 0.25) is 5.02 Å². The van der Waals surface area contributed by atoms with Gasteiger partial charge in [-0.15, -0.1) is 10.2 Å². The van der Waals surface area contributed by atoms with Crippen LogP contribution >= 0.6 is 23.4 Å². The average Bonchev–Trinajstić information content (AvgIpc) is 2.83. The molecule has 0 aliphatic carbocycles. The lowest BCUT2D eigenvalue weighted by Crippen LogP contribution is -2.32. The molecule has 19 heavy (non-hydrogen) atoms. The largest absolute Gasteiger partial charge is 0.395 e. The van der Waals surface area contributed by atoms with Crippen molar-refractivity contribution in [2.24, 2.45) is 0 Å². The van der Waals surface area contributed by atoms with Gasteiger partial charge in [-0.05, 0) is 12.1 Å². The molecule has 1 aromatic carbocycles. The first-order valence-corrected chi connectivity index (χ1v) is 7.30. The number of β-amino-alcohol motifs (C(OH)–C–C–N with tert-alkyl or cyclic N) is 1. The predicted molar refractivity (Wildman–Crippen MR) is 75.0 cm³/mol. The van der Waals surface area contributed by atoms with Gasteiger partial charge in [0, 0.05) is 12.1 Å². The van der Waals surface area contributed by atoms with Crippen LogP contribution in [0.3, 0.4) is 0 Å². The summed E-state index contributed by atoms with van der Waals surface area (Å²) in [5.74, 6) is 1.59. The SMILES string of the molecule is OCCN1CSc2nnc(-c3ccccc3Cl)n2C1. The molecular weight excluding hydrogens is 284 g/mol. The summed E-state index contributed by atoms with van der Waals surface area (Å²) >= 11 is 7.83. The molecule has 0 unspecified atom stereocenters. The van der Waals surface area contributed by atoms with E-state index < -0.39 is 0 Å². The van der Waals surface area contributed by atoms with Crippen LogP contribution in [0.15, 0.2) is 29.4 Å². The van der Waals surface area contributed by atoms with Gasteiger partial charge in [0.2, 0.25) is 0 Å². The third-order valence-electron chi connectivity index (χ3n) is 2.97. The van der Waals surface area contributed by atoms with E-state index in [0.717, 1.165) is 22.4 Å². The number of hydrogen-bond donors (Lipinski definition) is 1. The lowest BCUT2D eigenvalue weighted by atomic mass is 10.2. The Morgan fingerprint density at radius 3 is 2.95 bits per heavy atom. The second-order valence-electron chi connectivity index (χ2n) is 4.25. The van der Waals surface area contributed by atoms with Gasteiger partial charge in [0.25, 0.3) is 0 Å². The lowest BCUT2D eigenvalue weighted by Gasteiger charge is -2.27. The number of fused-ring (bicyclic) bond motifs is 1. The van der Waals surface area contributed by atoms with Gasteiger partial charge in [-0.2, -0.15) is 0 Å². The summed E-state index contributed by atoms with van der Waals surface area (Å²) in [5.41, 5.74) is 0.884. The molecule has 2 aromatic rings. The molecular formula is C12H13ClN4OS. The third-order valence-corrected chi connectivity index (χ3v) is 4.35. The highest BCUT2D eigenvalue weighted by Gasteiger charge is 2.22.